The topological polar surface area (TPSA) is 135 Å². The van der Waals surface area contributed by atoms with Crippen molar-refractivity contribution < 1.29 is 23.5 Å². The van der Waals surface area contributed by atoms with Crippen molar-refractivity contribution in [3.8, 4) is 5.88 Å². The fourth-order valence-electron chi connectivity index (χ4n) is 2.55. The number of aliphatic hydroxyl groups is 1. The van der Waals surface area contributed by atoms with E-state index in [-0.39, 0.29) is 36.6 Å². The Hall–Kier alpha value is -2.00. The van der Waals surface area contributed by atoms with Crippen molar-refractivity contribution in [1.82, 2.24) is 19.5 Å². The average molecular weight is 413 g/mol. The number of nitrogen functional groups attached to an aromatic ring is 1. The van der Waals surface area contributed by atoms with Crippen LogP contribution in [-0.4, -0.2) is 50.6 Å². The molecule has 2 heterocycles. The second-order valence-electron chi connectivity index (χ2n) is 6.79. The van der Waals surface area contributed by atoms with E-state index in [0.29, 0.717) is 17.7 Å². The summed E-state index contributed by atoms with van der Waals surface area (Å²) in [5.74, 6) is 1.36. The summed E-state index contributed by atoms with van der Waals surface area (Å²) in [6, 6.07) is 0. The molecule has 0 radical (unpaired) electrons. The molecule has 0 aromatic carbocycles. The van der Waals surface area contributed by atoms with E-state index in [2.05, 4.69) is 15.0 Å². The van der Waals surface area contributed by atoms with Crippen LogP contribution in [0.5, 0.6) is 5.88 Å². The number of ether oxygens (including phenoxy) is 1. The quantitative estimate of drug-likeness (QED) is 0.563. The van der Waals surface area contributed by atoms with Crippen molar-refractivity contribution in [2.45, 2.75) is 46.4 Å². The van der Waals surface area contributed by atoms with Crippen LogP contribution in [-0.2, 0) is 20.2 Å². The van der Waals surface area contributed by atoms with Gasteiger partial charge in [-0.25, -0.2) is 4.98 Å². The minimum atomic E-state index is -3.44. The van der Waals surface area contributed by atoms with Crippen LogP contribution in [0.1, 0.15) is 27.7 Å². The molecular formula is C17H28N5O5P. The van der Waals surface area contributed by atoms with Gasteiger partial charge in [0.1, 0.15) is 0 Å². The number of hydrogen-bond donors (Lipinski definition) is 2. The molecule has 156 valence electrons. The third-order valence-electron chi connectivity index (χ3n) is 3.56. The molecule has 0 saturated heterocycles. The van der Waals surface area contributed by atoms with E-state index in [1.165, 1.54) is 12.9 Å². The molecule has 28 heavy (non-hydrogen) atoms. The summed E-state index contributed by atoms with van der Waals surface area (Å²) in [4.78, 5) is 12.4. The Morgan fingerprint density at radius 3 is 2.43 bits per heavy atom. The highest BCUT2D eigenvalue weighted by Crippen LogP contribution is 2.52. The van der Waals surface area contributed by atoms with Gasteiger partial charge in [0.2, 0.25) is 11.8 Å². The minimum absolute atomic E-state index is 0.0577. The first-order valence-electron chi connectivity index (χ1n) is 8.96. The van der Waals surface area contributed by atoms with Gasteiger partial charge in [0.25, 0.3) is 0 Å². The highest BCUT2D eigenvalue weighted by molar-refractivity contribution is 7.57. The van der Waals surface area contributed by atoms with Crippen LogP contribution in [0.4, 0.5) is 5.95 Å². The smallest absolute Gasteiger partial charge is 0.354 e. The van der Waals surface area contributed by atoms with Crippen LogP contribution in [0.2, 0.25) is 0 Å². The van der Waals surface area contributed by atoms with Gasteiger partial charge in [0, 0.05) is 18.3 Å². The zero-order valence-electron chi connectivity index (χ0n) is 16.8. The summed E-state index contributed by atoms with van der Waals surface area (Å²) in [7, 11) is -1.97. The Labute approximate surface area is 164 Å². The lowest BCUT2D eigenvalue weighted by molar-refractivity contribution is 0.149. The molecule has 0 saturated carbocycles. The maximum atomic E-state index is 12.9. The lowest BCUT2D eigenvalue weighted by Crippen LogP contribution is -2.13. The zero-order valence-corrected chi connectivity index (χ0v) is 17.7. The van der Waals surface area contributed by atoms with E-state index >= 15 is 0 Å². The summed E-state index contributed by atoms with van der Waals surface area (Å²) in [6.45, 7) is 7.26. The lowest BCUT2D eigenvalue weighted by atomic mass is 10.1. The Balaban J connectivity index is 2.26. The predicted molar refractivity (Wildman–Crippen MR) is 106 cm³/mol. The number of anilines is 1. The molecule has 0 bridgehead atoms. The molecular weight excluding hydrogens is 385 g/mol. The SMILES string of the molecule is COc1nc(N)nc2c1ncn2CC(C=CP(=O)(OC(C)C)OC(C)C)CO. The Morgan fingerprint density at radius 1 is 1.25 bits per heavy atom. The molecule has 11 heteroatoms. The highest BCUT2D eigenvalue weighted by Gasteiger charge is 2.25. The van der Waals surface area contributed by atoms with Gasteiger partial charge in [-0.15, -0.1) is 0 Å². The minimum Gasteiger partial charge on any atom is -0.479 e. The molecule has 1 unspecified atom stereocenters. The maximum absolute atomic E-state index is 12.9. The van der Waals surface area contributed by atoms with Gasteiger partial charge in [-0.05, 0) is 27.7 Å². The zero-order chi connectivity index (χ0) is 20.9. The van der Waals surface area contributed by atoms with Gasteiger partial charge in [-0.2, -0.15) is 9.97 Å². The van der Waals surface area contributed by atoms with E-state index in [0.717, 1.165) is 0 Å². The number of methoxy groups -OCH3 is 1. The van der Waals surface area contributed by atoms with Crippen LogP contribution >= 0.6 is 7.60 Å². The molecule has 3 N–H and O–H groups in total. The second kappa shape index (κ2) is 9.47. The number of fused-ring (bicyclic) bond motifs is 1. The molecule has 0 fully saturated rings. The lowest BCUT2D eigenvalue weighted by Gasteiger charge is -2.20. The third kappa shape index (κ3) is 5.75. The van der Waals surface area contributed by atoms with Gasteiger partial charge in [-0.3, -0.25) is 4.57 Å². The summed E-state index contributed by atoms with van der Waals surface area (Å²) >= 11 is 0. The fraction of sp³-hybridized carbons (Fsp3) is 0.588. The summed E-state index contributed by atoms with van der Waals surface area (Å²) in [6.07, 6.45) is 2.64. The normalized spacial score (nSPS) is 13.9. The molecule has 0 aliphatic heterocycles. The maximum Gasteiger partial charge on any atom is 0.354 e. The third-order valence-corrected chi connectivity index (χ3v) is 5.53. The standard InChI is InChI=1S/C17H28N5O5P/c1-11(2)26-28(24,27-12(3)4)7-6-13(9-23)8-22-10-19-14-15(22)20-17(18)21-16(14)25-5/h6-7,10-13,23H,8-9H2,1-5H3,(H2,18,20,21). The Bertz CT molecular complexity index is 853. The average Bonchev–Trinajstić information content (AvgIpc) is 2.98. The number of imidazole rings is 1. The van der Waals surface area contributed by atoms with E-state index in [1.54, 1.807) is 44.7 Å². The molecule has 2 aromatic rings. The van der Waals surface area contributed by atoms with Crippen molar-refractivity contribution in [3.05, 3.63) is 18.2 Å². The number of nitrogens with zero attached hydrogens (tertiary/aromatic N) is 4. The number of aliphatic hydroxyl groups excluding tert-OH is 1. The summed E-state index contributed by atoms with van der Waals surface area (Å²) < 4.78 is 30.8. The molecule has 2 aromatic heterocycles. The van der Waals surface area contributed by atoms with Gasteiger partial charge in [0.15, 0.2) is 11.2 Å². The first-order valence-corrected chi connectivity index (χ1v) is 10.6. The van der Waals surface area contributed by atoms with Gasteiger partial charge in [0.05, 0.1) is 32.3 Å². The Kier molecular flexibility index (Phi) is 7.54. The monoisotopic (exact) mass is 413 g/mol. The van der Waals surface area contributed by atoms with Crippen LogP contribution in [0.25, 0.3) is 11.2 Å². The highest BCUT2D eigenvalue weighted by atomic mass is 31.2. The van der Waals surface area contributed by atoms with Crippen LogP contribution in [0.3, 0.4) is 0 Å². The molecule has 0 spiro atoms. The fourth-order valence-corrected chi connectivity index (χ4v) is 4.37. The number of nitrogens with two attached hydrogens (primary N) is 1. The van der Waals surface area contributed by atoms with E-state index in [1.807, 2.05) is 0 Å². The van der Waals surface area contributed by atoms with E-state index < -0.39 is 7.60 Å². The van der Waals surface area contributed by atoms with Crippen LogP contribution in [0, 0.1) is 5.92 Å². The largest absolute Gasteiger partial charge is 0.479 e. The van der Waals surface area contributed by atoms with Crippen molar-refractivity contribution >= 4 is 24.7 Å². The molecule has 1 atom stereocenters. The van der Waals surface area contributed by atoms with Gasteiger partial charge >= 0.3 is 7.60 Å². The number of hydrogen-bond acceptors (Lipinski definition) is 9. The van der Waals surface area contributed by atoms with Gasteiger partial charge in [-0.1, -0.05) is 6.08 Å². The molecule has 0 amide bonds. The van der Waals surface area contributed by atoms with Crippen molar-refractivity contribution in [1.29, 1.82) is 0 Å². The van der Waals surface area contributed by atoms with Crippen molar-refractivity contribution in [2.24, 2.45) is 5.92 Å². The molecule has 0 aliphatic rings. The second-order valence-corrected chi connectivity index (χ2v) is 8.59. The molecule has 0 aliphatic carbocycles. The van der Waals surface area contributed by atoms with Gasteiger partial charge < -0.3 is 29.2 Å². The first kappa shape index (κ1) is 22.3. The number of rotatable bonds is 10. The molecule has 2 rings (SSSR count). The summed E-state index contributed by atoms with van der Waals surface area (Å²) in [5, 5.41) is 9.77. The van der Waals surface area contributed by atoms with Crippen LogP contribution < -0.4 is 10.5 Å². The van der Waals surface area contributed by atoms with E-state index in [9.17, 15) is 9.67 Å². The first-order chi connectivity index (χ1) is 13.2. The number of aromatic nitrogens is 4. The van der Waals surface area contributed by atoms with Crippen molar-refractivity contribution in [3.63, 3.8) is 0 Å². The Morgan fingerprint density at radius 2 is 1.89 bits per heavy atom. The van der Waals surface area contributed by atoms with E-state index in [4.69, 9.17) is 19.5 Å². The van der Waals surface area contributed by atoms with Crippen LogP contribution in [0.15, 0.2) is 18.2 Å². The predicted octanol–water partition coefficient (Wildman–Crippen LogP) is 2.58. The molecule has 10 nitrogen and oxygen atoms in total. The van der Waals surface area contributed by atoms with Crippen molar-refractivity contribution in [2.75, 3.05) is 19.5 Å². The summed E-state index contributed by atoms with van der Waals surface area (Å²) in [5.41, 5.74) is 6.67.